The molecule has 0 bridgehead atoms. The minimum absolute atomic E-state index is 0.0629. The van der Waals surface area contributed by atoms with E-state index in [0.717, 1.165) is 48.5 Å². The summed E-state index contributed by atoms with van der Waals surface area (Å²) < 4.78 is 25.9. The average Bonchev–Trinajstić information content (AvgIpc) is 3.45. The number of quaternary nitrogens is 1. The average molecular weight is 1210 g/mol. The molecule has 0 spiro atoms. The number of likely N-dealkylation sites (N-methyl/N-ethyl adjacent to an activating group) is 2. The Morgan fingerprint density at radius 1 is 0.534 bits per heavy atom. The normalized spacial score (nSPS) is 10.1. The number of amides is 4. The highest BCUT2D eigenvalue weighted by Crippen LogP contribution is 2.28. The van der Waals surface area contributed by atoms with Gasteiger partial charge in [0.25, 0.3) is 30.1 Å². The Labute approximate surface area is 508 Å². The van der Waals surface area contributed by atoms with Crippen LogP contribution >= 0.6 is 0 Å². The van der Waals surface area contributed by atoms with Crippen molar-refractivity contribution in [2.45, 2.75) is 27.7 Å². The van der Waals surface area contributed by atoms with Crippen LogP contribution in [0.25, 0.3) is 0 Å². The number of aryl methyl sites for hydroxylation is 2. The lowest BCUT2D eigenvalue weighted by molar-refractivity contribution is -0.858. The van der Waals surface area contributed by atoms with Gasteiger partial charge in [-0.05, 0) is 139 Å². The summed E-state index contributed by atoms with van der Waals surface area (Å²) in [5.74, 6) is -6.32. The summed E-state index contributed by atoms with van der Waals surface area (Å²) in [6.07, 6.45) is 0. The van der Waals surface area contributed by atoms with Crippen molar-refractivity contribution in [2.75, 3.05) is 79.2 Å². The van der Waals surface area contributed by atoms with Crippen molar-refractivity contribution in [3.05, 3.63) is 196 Å². The van der Waals surface area contributed by atoms with Gasteiger partial charge >= 0.3 is 23.9 Å². The van der Waals surface area contributed by atoms with E-state index in [2.05, 4.69) is 34.4 Å². The minimum Gasteiger partial charge on any atom is -0.545 e. The second-order valence-electron chi connectivity index (χ2n) is 19.5. The van der Waals surface area contributed by atoms with Crippen LogP contribution in [0.3, 0.4) is 0 Å². The van der Waals surface area contributed by atoms with Crippen molar-refractivity contribution in [1.82, 2.24) is 15.5 Å². The zero-order valence-corrected chi connectivity index (χ0v) is 50.2. The molecule has 24 heteroatoms. The molecule has 7 N–H and O–H groups in total. The number of benzene rings is 6. The highest BCUT2D eigenvalue weighted by atomic mass is 16.5. The van der Waals surface area contributed by atoms with E-state index in [4.69, 9.17) is 23.7 Å². The maximum atomic E-state index is 12.8. The van der Waals surface area contributed by atoms with E-state index in [0.29, 0.717) is 58.7 Å². The lowest BCUT2D eigenvalue weighted by atomic mass is 9.97. The van der Waals surface area contributed by atoms with Crippen LogP contribution < -0.4 is 45.5 Å². The van der Waals surface area contributed by atoms with Gasteiger partial charge in [-0.15, -0.1) is 0 Å². The molecule has 0 heterocycles. The molecule has 4 amide bonds. The molecule has 6 aromatic carbocycles. The van der Waals surface area contributed by atoms with Crippen LogP contribution in [0, 0.1) is 13.8 Å². The number of carboxylic acid groups (broad SMARTS) is 3. The maximum absolute atomic E-state index is 12.8. The quantitative estimate of drug-likeness (QED) is 0.0219. The standard InChI is InChI=1S/2C24H20N2O7.2C8H15NO2/c1-14-3-7-16(8-4-14)33-17-9-5-15(6-10-17)26-23(29)18-11-20(22(28)25-2)21(32-13-27)12-19(18)24(30)31;1-13-3-7-15(8-4-13)33-16-9-5-14(6-10-16)26-22(28)18-11-17(21(27)25-2)19(23(29)30)12-20(18)24(31)32;2*1-7(2)8(10)11-6-5-9(3)4/h3-13H,1-2H3,(H,25,28)(H,26,29)(H,30,31);3-12H,1-2H3,(H,25,27)(H,26,28)(H,29,30)(H,31,32);2*1,5-6H2,2-4H3. The number of esters is 2. The molecule has 0 aliphatic rings. The van der Waals surface area contributed by atoms with Crippen molar-refractivity contribution in [3.8, 4) is 28.7 Å². The van der Waals surface area contributed by atoms with Gasteiger partial charge in [0.05, 0.1) is 47.9 Å². The summed E-state index contributed by atoms with van der Waals surface area (Å²) in [5, 5.41) is 40.1. The Morgan fingerprint density at radius 2 is 0.886 bits per heavy atom. The van der Waals surface area contributed by atoms with E-state index >= 15 is 0 Å². The summed E-state index contributed by atoms with van der Waals surface area (Å²) >= 11 is 0. The van der Waals surface area contributed by atoms with Crippen LogP contribution in [0.4, 0.5) is 11.4 Å². The number of rotatable bonds is 23. The molecule has 0 aliphatic heterocycles. The van der Waals surface area contributed by atoms with Crippen molar-refractivity contribution in [1.29, 1.82) is 0 Å². The molecule has 6 aromatic rings. The molecule has 464 valence electrons. The number of hydrogen-bond donors (Lipinski definition) is 7. The fourth-order valence-corrected chi connectivity index (χ4v) is 6.87. The van der Waals surface area contributed by atoms with Gasteiger partial charge < -0.3 is 74.9 Å². The lowest BCUT2D eigenvalue weighted by Gasteiger charge is -2.15. The molecule has 0 aromatic heterocycles. The summed E-state index contributed by atoms with van der Waals surface area (Å²) in [6.45, 7) is 16.7. The molecule has 6 rings (SSSR count). The summed E-state index contributed by atoms with van der Waals surface area (Å²) in [5.41, 5.74) is 0.922. The van der Waals surface area contributed by atoms with E-state index in [-0.39, 0.29) is 40.9 Å². The van der Waals surface area contributed by atoms with Gasteiger partial charge in [-0.25, -0.2) is 19.2 Å². The molecule has 0 unspecified atom stereocenters. The van der Waals surface area contributed by atoms with E-state index in [9.17, 15) is 63.3 Å². The van der Waals surface area contributed by atoms with Gasteiger partial charge in [-0.2, -0.15) is 0 Å². The number of anilines is 2. The second-order valence-corrected chi connectivity index (χ2v) is 19.5. The molecule has 0 aliphatic carbocycles. The molecular formula is C64H70N6O18. The van der Waals surface area contributed by atoms with E-state index < -0.39 is 63.8 Å². The first-order valence-corrected chi connectivity index (χ1v) is 26.6. The first-order valence-electron chi connectivity index (χ1n) is 26.6. The molecule has 88 heavy (non-hydrogen) atoms. The fourth-order valence-electron chi connectivity index (χ4n) is 6.87. The molecule has 0 fully saturated rings. The zero-order chi connectivity index (χ0) is 65.8. The van der Waals surface area contributed by atoms with Crippen molar-refractivity contribution in [2.24, 2.45) is 0 Å². The topological polar surface area (TPSA) is 336 Å². The Morgan fingerprint density at radius 3 is 1.25 bits per heavy atom. The smallest absolute Gasteiger partial charge is 0.336 e. The van der Waals surface area contributed by atoms with Crippen LogP contribution in [-0.4, -0.2) is 144 Å². The van der Waals surface area contributed by atoms with Crippen LogP contribution in [0.15, 0.2) is 146 Å². The second kappa shape index (κ2) is 35.3. The number of carbonyl (C=O) groups excluding carboxylic acids is 8. The Hall–Kier alpha value is -11.0. The number of nitrogens with zero attached hydrogens (tertiary/aromatic N) is 1. The molecule has 0 atom stereocenters. The summed E-state index contributed by atoms with van der Waals surface area (Å²) in [6, 6.07) is 31.4. The lowest BCUT2D eigenvalue weighted by Crippen LogP contribution is -3.06. The van der Waals surface area contributed by atoms with E-state index in [1.54, 1.807) is 62.4 Å². The van der Waals surface area contributed by atoms with Crippen LogP contribution in [0.1, 0.15) is 97.5 Å². The molecule has 0 saturated heterocycles. The van der Waals surface area contributed by atoms with Gasteiger partial charge in [0.1, 0.15) is 48.5 Å². The third-order valence-electron chi connectivity index (χ3n) is 11.6. The predicted octanol–water partition coefficient (Wildman–Crippen LogP) is 6.01. The minimum atomic E-state index is -1.76. The van der Waals surface area contributed by atoms with Gasteiger partial charge in [0, 0.05) is 54.3 Å². The van der Waals surface area contributed by atoms with Crippen molar-refractivity contribution in [3.63, 3.8) is 0 Å². The Kier molecular flexibility index (Phi) is 28.6. The first-order chi connectivity index (χ1) is 41.6. The van der Waals surface area contributed by atoms with Gasteiger partial charge in [-0.1, -0.05) is 48.6 Å². The maximum Gasteiger partial charge on any atom is 0.336 e. The van der Waals surface area contributed by atoms with Crippen LogP contribution in [0.5, 0.6) is 28.7 Å². The highest BCUT2D eigenvalue weighted by molar-refractivity contribution is 6.15. The van der Waals surface area contributed by atoms with Gasteiger partial charge in [0.2, 0.25) is 0 Å². The number of carboxylic acids is 3. The summed E-state index contributed by atoms with van der Waals surface area (Å²) in [4.78, 5) is 120. The third-order valence-corrected chi connectivity index (χ3v) is 11.6. The number of hydrogen-bond acceptors (Lipinski definition) is 17. The van der Waals surface area contributed by atoms with Crippen molar-refractivity contribution >= 4 is 71.3 Å². The SMILES string of the molecule is C=C(C)C(=O)OCCN(C)C.C=C(C)C(=O)OCC[NH+](C)C.CNC(=O)c1cc(C(=O)Nc2ccc(Oc3ccc(C)cc3)cc2)c(C(=O)O)cc1OC=O.CNC(=O)c1cc(C(=O)Nc2ccc(Oc3ccc(C)cc3)cc2)c(C(=O)[O-])cc1C(=O)O. The number of aromatic carboxylic acids is 3. The Bertz CT molecular complexity index is 3450. The molecular weight excluding hydrogens is 1140 g/mol. The first kappa shape index (κ1) is 71.3. The number of ether oxygens (including phenoxy) is 5. The van der Waals surface area contributed by atoms with Crippen molar-refractivity contribution < 1.29 is 91.8 Å². The van der Waals surface area contributed by atoms with Crippen LogP contribution in [0.2, 0.25) is 0 Å². The van der Waals surface area contributed by atoms with E-state index in [1.165, 1.54) is 19.0 Å². The fraction of sp³-hybridized carbons (Fsp3) is 0.219. The highest BCUT2D eigenvalue weighted by Gasteiger charge is 2.25. The van der Waals surface area contributed by atoms with E-state index in [1.807, 2.05) is 95.5 Å². The summed E-state index contributed by atoms with van der Waals surface area (Å²) in [7, 11) is 10.5. The Balaban J connectivity index is 0.000000345. The molecule has 0 radical (unpaired) electrons. The largest absolute Gasteiger partial charge is 0.545 e. The van der Waals surface area contributed by atoms with Gasteiger partial charge in [-0.3, -0.25) is 24.0 Å². The van der Waals surface area contributed by atoms with Crippen LogP contribution in [-0.2, 0) is 23.9 Å². The van der Waals surface area contributed by atoms with Gasteiger partial charge in [0.15, 0.2) is 0 Å². The molecule has 0 saturated carbocycles. The number of carbonyl (C=O) groups is 10. The zero-order valence-electron chi connectivity index (χ0n) is 50.2. The predicted molar refractivity (Wildman–Crippen MR) is 324 cm³/mol. The monoisotopic (exact) mass is 1210 g/mol. The third kappa shape index (κ3) is 23.6. The number of nitrogens with one attached hydrogen (secondary N) is 5. The molecule has 24 nitrogen and oxygen atoms in total.